The van der Waals surface area contributed by atoms with Crippen molar-refractivity contribution in [2.24, 2.45) is 0 Å². The van der Waals surface area contributed by atoms with Gasteiger partial charge in [0, 0.05) is 30.6 Å². The van der Waals surface area contributed by atoms with Gasteiger partial charge in [-0.3, -0.25) is 0 Å². The van der Waals surface area contributed by atoms with Crippen LogP contribution in [0.2, 0.25) is 0 Å². The zero-order valence-corrected chi connectivity index (χ0v) is 18.7. The maximum atomic E-state index is 12.5. The van der Waals surface area contributed by atoms with Crippen LogP contribution in [-0.2, 0) is 6.54 Å². The molecule has 1 fully saturated rings. The van der Waals surface area contributed by atoms with E-state index in [1.54, 1.807) is 6.07 Å². The van der Waals surface area contributed by atoms with E-state index in [2.05, 4.69) is 22.6 Å². The van der Waals surface area contributed by atoms with Crippen molar-refractivity contribution < 1.29 is 13.9 Å². The number of piperidine rings is 1. The number of nitrogens with one attached hydrogen (secondary N) is 2. The Hall–Kier alpha value is -3.32. The molecule has 1 aromatic heterocycles. The number of hydrogen-bond donors (Lipinski definition) is 2. The lowest BCUT2D eigenvalue weighted by Crippen LogP contribution is -2.35. The third kappa shape index (κ3) is 5.11. The minimum absolute atomic E-state index is 0.0993. The quantitative estimate of drug-likeness (QED) is 0.587. The van der Waals surface area contributed by atoms with Gasteiger partial charge in [0.15, 0.2) is 0 Å². The number of anilines is 1. The van der Waals surface area contributed by atoms with Gasteiger partial charge in [0.2, 0.25) is 0 Å². The van der Waals surface area contributed by atoms with E-state index in [-0.39, 0.29) is 11.8 Å². The van der Waals surface area contributed by atoms with Crippen molar-refractivity contribution in [3.63, 3.8) is 0 Å². The molecule has 1 aliphatic heterocycles. The van der Waals surface area contributed by atoms with Crippen molar-refractivity contribution >= 4 is 22.7 Å². The molecule has 7 heteroatoms. The Kier molecular flexibility index (Phi) is 6.46. The van der Waals surface area contributed by atoms with Crippen molar-refractivity contribution in [1.29, 1.82) is 0 Å². The number of amides is 2. The van der Waals surface area contributed by atoms with Crippen LogP contribution in [0.1, 0.15) is 29.5 Å². The number of carbonyl (C=O) groups excluding carboxylic acids is 1. The summed E-state index contributed by atoms with van der Waals surface area (Å²) in [6.45, 7) is 6.27. The normalized spacial score (nSPS) is 15.0. The standard InChI is InChI=1S/C25H29N3O4/c1-16-4-6-18(7-5-16)15-26-25(30)27-21-14-19-8-9-22(17(2)23(19)32-24(21)29)31-20-10-12-28(3)13-11-20/h4-9,14,20H,10-13,15H2,1-3H3,(H2,26,27,30). The van der Waals surface area contributed by atoms with Crippen LogP contribution in [0.15, 0.2) is 51.7 Å². The van der Waals surface area contributed by atoms with Crippen LogP contribution in [-0.4, -0.2) is 37.2 Å². The minimum Gasteiger partial charge on any atom is -0.490 e. The number of ether oxygens (including phenoxy) is 1. The Morgan fingerprint density at radius 2 is 1.84 bits per heavy atom. The van der Waals surface area contributed by atoms with Crippen LogP contribution >= 0.6 is 0 Å². The number of aryl methyl sites for hydroxylation is 2. The fraction of sp³-hybridized carbons (Fsp3) is 0.360. The van der Waals surface area contributed by atoms with E-state index in [4.69, 9.17) is 9.15 Å². The molecule has 2 aromatic carbocycles. The minimum atomic E-state index is -0.595. The van der Waals surface area contributed by atoms with E-state index >= 15 is 0 Å². The summed E-state index contributed by atoms with van der Waals surface area (Å²) in [5.74, 6) is 0.728. The monoisotopic (exact) mass is 435 g/mol. The maximum absolute atomic E-state index is 12.5. The first kappa shape index (κ1) is 21.9. The van der Waals surface area contributed by atoms with Gasteiger partial charge in [0.05, 0.1) is 0 Å². The summed E-state index contributed by atoms with van der Waals surface area (Å²) in [5, 5.41) is 6.08. The van der Waals surface area contributed by atoms with Gasteiger partial charge in [0.25, 0.3) is 0 Å². The summed E-state index contributed by atoms with van der Waals surface area (Å²) in [4.78, 5) is 27.1. The second kappa shape index (κ2) is 9.44. The van der Waals surface area contributed by atoms with Gasteiger partial charge < -0.3 is 24.7 Å². The number of hydrogen-bond acceptors (Lipinski definition) is 5. The third-order valence-electron chi connectivity index (χ3n) is 5.88. The van der Waals surface area contributed by atoms with Gasteiger partial charge in [-0.1, -0.05) is 29.8 Å². The molecular formula is C25H29N3O4. The summed E-state index contributed by atoms with van der Waals surface area (Å²) in [7, 11) is 2.11. The molecule has 0 atom stereocenters. The summed E-state index contributed by atoms with van der Waals surface area (Å²) in [5.41, 5.74) is 2.90. The van der Waals surface area contributed by atoms with Gasteiger partial charge in [0.1, 0.15) is 23.1 Å². The third-order valence-corrected chi connectivity index (χ3v) is 5.88. The Labute approximate surface area is 187 Å². The summed E-state index contributed by atoms with van der Waals surface area (Å²) in [6, 6.07) is 12.8. The maximum Gasteiger partial charge on any atom is 0.360 e. The van der Waals surface area contributed by atoms with Crippen LogP contribution in [0.5, 0.6) is 5.75 Å². The van der Waals surface area contributed by atoms with Gasteiger partial charge in [-0.25, -0.2) is 9.59 Å². The molecule has 1 saturated heterocycles. The van der Waals surface area contributed by atoms with E-state index < -0.39 is 11.7 Å². The van der Waals surface area contributed by atoms with Crippen molar-refractivity contribution in [3.05, 3.63) is 69.6 Å². The molecule has 0 saturated carbocycles. The predicted molar refractivity (Wildman–Crippen MR) is 125 cm³/mol. The molecule has 2 heterocycles. The summed E-state index contributed by atoms with van der Waals surface area (Å²) in [6.07, 6.45) is 2.10. The topological polar surface area (TPSA) is 83.8 Å². The molecule has 168 valence electrons. The Morgan fingerprint density at radius 3 is 2.56 bits per heavy atom. The number of fused-ring (bicyclic) bond motifs is 1. The second-order valence-corrected chi connectivity index (χ2v) is 8.47. The first-order valence-electron chi connectivity index (χ1n) is 10.9. The molecule has 0 spiro atoms. The highest BCUT2D eigenvalue weighted by Crippen LogP contribution is 2.29. The van der Waals surface area contributed by atoms with Gasteiger partial charge in [-0.05, 0) is 57.5 Å². The lowest BCUT2D eigenvalue weighted by molar-refractivity contribution is 0.113. The molecule has 7 nitrogen and oxygen atoms in total. The highest BCUT2D eigenvalue weighted by Gasteiger charge is 2.20. The largest absolute Gasteiger partial charge is 0.490 e. The number of carbonyl (C=O) groups is 1. The number of rotatable bonds is 5. The first-order valence-corrected chi connectivity index (χ1v) is 10.9. The van der Waals surface area contributed by atoms with Crippen LogP contribution in [0.25, 0.3) is 11.0 Å². The molecule has 4 rings (SSSR count). The molecule has 32 heavy (non-hydrogen) atoms. The molecule has 2 amide bonds. The zero-order chi connectivity index (χ0) is 22.7. The van der Waals surface area contributed by atoms with Gasteiger partial charge in [-0.2, -0.15) is 0 Å². The number of benzene rings is 2. The van der Waals surface area contributed by atoms with E-state index in [0.29, 0.717) is 12.1 Å². The number of likely N-dealkylation sites (tertiary alicyclic amines) is 1. The smallest absolute Gasteiger partial charge is 0.360 e. The van der Waals surface area contributed by atoms with E-state index in [0.717, 1.165) is 53.8 Å². The van der Waals surface area contributed by atoms with Gasteiger partial charge >= 0.3 is 11.7 Å². The highest BCUT2D eigenvalue weighted by atomic mass is 16.5. The SMILES string of the molecule is Cc1ccc(CNC(=O)Nc2cc3ccc(OC4CCN(C)CC4)c(C)c3oc2=O)cc1. The number of urea groups is 1. The summed E-state index contributed by atoms with van der Waals surface area (Å²) < 4.78 is 11.8. The number of nitrogens with zero attached hydrogens (tertiary/aromatic N) is 1. The fourth-order valence-electron chi connectivity index (χ4n) is 3.86. The molecule has 0 unspecified atom stereocenters. The molecule has 0 bridgehead atoms. The molecular weight excluding hydrogens is 406 g/mol. The Bertz CT molecular complexity index is 1160. The lowest BCUT2D eigenvalue weighted by atomic mass is 10.1. The van der Waals surface area contributed by atoms with E-state index in [9.17, 15) is 9.59 Å². The van der Waals surface area contributed by atoms with Crippen LogP contribution < -0.4 is 21.0 Å². The van der Waals surface area contributed by atoms with Crippen molar-refractivity contribution in [2.45, 2.75) is 39.3 Å². The fourth-order valence-corrected chi connectivity index (χ4v) is 3.86. The van der Waals surface area contributed by atoms with Crippen LogP contribution in [0.4, 0.5) is 10.5 Å². The second-order valence-electron chi connectivity index (χ2n) is 8.47. The Balaban J connectivity index is 1.45. The molecule has 2 N–H and O–H groups in total. The van der Waals surface area contributed by atoms with Crippen molar-refractivity contribution in [2.75, 3.05) is 25.5 Å². The van der Waals surface area contributed by atoms with Crippen LogP contribution in [0.3, 0.4) is 0 Å². The zero-order valence-electron chi connectivity index (χ0n) is 18.7. The van der Waals surface area contributed by atoms with Gasteiger partial charge in [-0.15, -0.1) is 0 Å². The van der Waals surface area contributed by atoms with E-state index in [1.165, 1.54) is 0 Å². The molecule has 3 aromatic rings. The molecule has 1 aliphatic rings. The summed E-state index contributed by atoms with van der Waals surface area (Å²) >= 11 is 0. The van der Waals surface area contributed by atoms with Crippen LogP contribution in [0, 0.1) is 13.8 Å². The predicted octanol–water partition coefficient (Wildman–Crippen LogP) is 4.20. The molecule has 0 radical (unpaired) electrons. The van der Waals surface area contributed by atoms with Crippen molar-refractivity contribution in [3.8, 4) is 5.75 Å². The van der Waals surface area contributed by atoms with E-state index in [1.807, 2.05) is 50.2 Å². The van der Waals surface area contributed by atoms with Crippen molar-refractivity contribution in [1.82, 2.24) is 10.2 Å². The molecule has 0 aliphatic carbocycles. The average Bonchev–Trinajstić information content (AvgIpc) is 2.78. The average molecular weight is 436 g/mol. The first-order chi connectivity index (χ1) is 15.4. The highest BCUT2D eigenvalue weighted by molar-refractivity contribution is 5.92. The Morgan fingerprint density at radius 1 is 1.12 bits per heavy atom. The lowest BCUT2D eigenvalue weighted by Gasteiger charge is -2.29.